The third-order valence-electron chi connectivity index (χ3n) is 5.21. The zero-order valence-electron chi connectivity index (χ0n) is 12.2. The van der Waals surface area contributed by atoms with E-state index in [-0.39, 0.29) is 5.91 Å². The molecule has 0 bridgehead atoms. The maximum atomic E-state index is 12.5. The molecule has 3 nitrogen and oxygen atoms in total. The quantitative estimate of drug-likeness (QED) is 0.857. The van der Waals surface area contributed by atoms with Crippen LogP contribution in [0.5, 0.6) is 0 Å². The van der Waals surface area contributed by atoms with Gasteiger partial charge in [0.15, 0.2) is 5.76 Å². The van der Waals surface area contributed by atoms with Crippen molar-refractivity contribution < 1.29 is 9.21 Å². The monoisotopic (exact) mass is 281 g/mol. The molecule has 1 aromatic heterocycles. The second-order valence-electron chi connectivity index (χ2n) is 6.37. The smallest absolute Gasteiger partial charge is 0.289 e. The van der Waals surface area contributed by atoms with Gasteiger partial charge in [-0.25, -0.2) is 0 Å². The Hall–Kier alpha value is -2.03. The van der Waals surface area contributed by atoms with Crippen molar-refractivity contribution in [2.24, 2.45) is 11.3 Å². The van der Waals surface area contributed by atoms with Gasteiger partial charge in [0.2, 0.25) is 0 Å². The topological polar surface area (TPSA) is 33.5 Å². The molecule has 2 aromatic rings. The molecule has 2 aliphatic rings. The Labute approximate surface area is 124 Å². The molecule has 0 spiro atoms. The van der Waals surface area contributed by atoms with Crippen LogP contribution in [0.3, 0.4) is 0 Å². The van der Waals surface area contributed by atoms with Gasteiger partial charge in [-0.2, -0.15) is 0 Å². The number of piperidine rings is 1. The van der Waals surface area contributed by atoms with Crippen LogP contribution < -0.4 is 0 Å². The zero-order valence-corrected chi connectivity index (χ0v) is 12.2. The van der Waals surface area contributed by atoms with Gasteiger partial charge in [0.1, 0.15) is 0 Å². The summed E-state index contributed by atoms with van der Waals surface area (Å²) in [5.74, 6) is 1.22. The van der Waals surface area contributed by atoms with Crippen LogP contribution in [0, 0.1) is 11.3 Å². The van der Waals surface area contributed by atoms with E-state index in [9.17, 15) is 4.79 Å². The van der Waals surface area contributed by atoms with Crippen molar-refractivity contribution in [3.63, 3.8) is 0 Å². The van der Waals surface area contributed by atoms with Crippen molar-refractivity contribution >= 4 is 5.91 Å². The molecular formula is C18H19NO2. The Morgan fingerprint density at radius 2 is 2.14 bits per heavy atom. The molecule has 0 N–H and O–H groups in total. The average molecular weight is 281 g/mol. The van der Waals surface area contributed by atoms with Crippen LogP contribution in [0.4, 0.5) is 0 Å². The molecule has 21 heavy (non-hydrogen) atoms. The van der Waals surface area contributed by atoms with Crippen molar-refractivity contribution in [3.05, 3.63) is 48.4 Å². The number of furan rings is 1. The second kappa shape index (κ2) is 4.48. The largest absolute Gasteiger partial charge is 0.459 e. The number of carbonyl (C=O) groups excluding carboxylic acids is 1. The fourth-order valence-corrected chi connectivity index (χ4v) is 3.68. The Bertz CT molecular complexity index is 672. The molecule has 0 unspecified atom stereocenters. The van der Waals surface area contributed by atoms with E-state index in [2.05, 4.69) is 6.92 Å². The van der Waals surface area contributed by atoms with Gasteiger partial charge >= 0.3 is 0 Å². The predicted octanol–water partition coefficient (Wildman–Crippen LogP) is 3.82. The number of nitrogens with zero attached hydrogens (tertiary/aromatic N) is 1. The van der Waals surface area contributed by atoms with E-state index < -0.39 is 0 Å². The Morgan fingerprint density at radius 3 is 2.86 bits per heavy atom. The number of hydrogen-bond acceptors (Lipinski definition) is 2. The fourth-order valence-electron chi connectivity index (χ4n) is 3.68. The van der Waals surface area contributed by atoms with Gasteiger partial charge in [-0.3, -0.25) is 4.79 Å². The number of rotatable bonds is 3. The van der Waals surface area contributed by atoms with Crippen molar-refractivity contribution in [1.29, 1.82) is 0 Å². The van der Waals surface area contributed by atoms with Gasteiger partial charge in [0, 0.05) is 18.7 Å². The van der Waals surface area contributed by atoms with E-state index in [1.165, 1.54) is 12.8 Å². The summed E-state index contributed by atoms with van der Waals surface area (Å²) in [6.07, 6.45) is 4.14. The molecule has 2 heterocycles. The van der Waals surface area contributed by atoms with E-state index in [0.29, 0.717) is 11.2 Å². The van der Waals surface area contributed by atoms with Crippen molar-refractivity contribution in [2.75, 3.05) is 13.1 Å². The van der Waals surface area contributed by atoms with Crippen LogP contribution in [0.1, 0.15) is 30.3 Å². The van der Waals surface area contributed by atoms with Crippen molar-refractivity contribution in [2.45, 2.75) is 19.8 Å². The number of benzene rings is 1. The normalized spacial score (nSPS) is 26.7. The highest BCUT2D eigenvalue weighted by Crippen LogP contribution is 2.60. The molecule has 2 fully saturated rings. The van der Waals surface area contributed by atoms with Crippen LogP contribution in [-0.2, 0) is 0 Å². The fraction of sp³-hybridized carbons (Fsp3) is 0.389. The molecule has 1 amide bonds. The number of hydrogen-bond donors (Lipinski definition) is 0. The molecule has 4 rings (SSSR count). The molecule has 1 saturated heterocycles. The van der Waals surface area contributed by atoms with Gasteiger partial charge < -0.3 is 9.32 Å². The van der Waals surface area contributed by atoms with E-state index in [1.807, 2.05) is 41.3 Å². The average Bonchev–Trinajstić information content (AvgIpc) is 2.93. The highest BCUT2D eigenvalue weighted by molar-refractivity contribution is 5.93. The van der Waals surface area contributed by atoms with Crippen molar-refractivity contribution in [3.8, 4) is 11.1 Å². The van der Waals surface area contributed by atoms with E-state index in [4.69, 9.17) is 4.42 Å². The summed E-state index contributed by atoms with van der Waals surface area (Å²) in [6, 6.07) is 11.9. The van der Waals surface area contributed by atoms with Gasteiger partial charge in [-0.1, -0.05) is 37.3 Å². The molecule has 1 aromatic carbocycles. The highest BCUT2D eigenvalue weighted by Gasteiger charge is 2.59. The van der Waals surface area contributed by atoms with Gasteiger partial charge in [-0.15, -0.1) is 0 Å². The summed E-state index contributed by atoms with van der Waals surface area (Å²) in [4.78, 5) is 14.5. The summed E-state index contributed by atoms with van der Waals surface area (Å²) < 4.78 is 5.52. The third-order valence-corrected chi connectivity index (χ3v) is 5.21. The van der Waals surface area contributed by atoms with E-state index >= 15 is 0 Å². The number of fused-ring (bicyclic) bond motifs is 1. The molecule has 2 atom stereocenters. The molecule has 3 heteroatoms. The van der Waals surface area contributed by atoms with Gasteiger partial charge in [0.25, 0.3) is 5.91 Å². The SMILES string of the molecule is CC[C@]12C[C@H]1CN(C(=O)c1cc(-c3ccccc3)co1)C2. The molecule has 1 aliphatic carbocycles. The number of amides is 1. The maximum absolute atomic E-state index is 12.5. The van der Waals surface area contributed by atoms with Crippen LogP contribution in [0.25, 0.3) is 11.1 Å². The molecule has 1 saturated carbocycles. The first-order valence-electron chi connectivity index (χ1n) is 7.65. The van der Waals surface area contributed by atoms with Gasteiger partial charge in [0.05, 0.1) is 6.26 Å². The maximum Gasteiger partial charge on any atom is 0.289 e. The first-order valence-corrected chi connectivity index (χ1v) is 7.65. The van der Waals surface area contributed by atoms with Crippen LogP contribution in [0.15, 0.2) is 47.1 Å². The van der Waals surface area contributed by atoms with Crippen LogP contribution in [0.2, 0.25) is 0 Å². The Balaban J connectivity index is 1.53. The van der Waals surface area contributed by atoms with Crippen LogP contribution >= 0.6 is 0 Å². The lowest BCUT2D eigenvalue weighted by Crippen LogP contribution is -2.31. The summed E-state index contributed by atoms with van der Waals surface area (Å²) in [6.45, 7) is 4.02. The minimum Gasteiger partial charge on any atom is -0.459 e. The Morgan fingerprint density at radius 1 is 1.33 bits per heavy atom. The summed E-state index contributed by atoms with van der Waals surface area (Å²) in [5, 5.41) is 0. The molecule has 0 radical (unpaired) electrons. The van der Waals surface area contributed by atoms with Crippen LogP contribution in [-0.4, -0.2) is 23.9 Å². The highest BCUT2D eigenvalue weighted by atomic mass is 16.3. The van der Waals surface area contributed by atoms with E-state index in [0.717, 1.165) is 30.1 Å². The van der Waals surface area contributed by atoms with Gasteiger partial charge in [-0.05, 0) is 35.8 Å². The second-order valence-corrected chi connectivity index (χ2v) is 6.37. The number of likely N-dealkylation sites (tertiary alicyclic amines) is 1. The molecular weight excluding hydrogens is 262 g/mol. The first kappa shape index (κ1) is 12.7. The van der Waals surface area contributed by atoms with Crippen molar-refractivity contribution in [1.82, 2.24) is 4.90 Å². The molecule has 108 valence electrons. The minimum atomic E-state index is 0.0391. The number of carbonyl (C=O) groups is 1. The summed E-state index contributed by atoms with van der Waals surface area (Å²) in [7, 11) is 0. The van der Waals surface area contributed by atoms with E-state index in [1.54, 1.807) is 6.26 Å². The lowest BCUT2D eigenvalue weighted by atomic mass is 10.0. The molecule has 1 aliphatic heterocycles. The lowest BCUT2D eigenvalue weighted by molar-refractivity contribution is 0.0732. The standard InChI is InChI=1S/C18H19NO2/c1-2-18-9-15(18)10-19(12-18)17(20)16-8-14(11-21-16)13-6-4-3-5-7-13/h3-8,11,15H,2,9-10,12H2,1H3/t15-,18+/m0/s1. The summed E-state index contributed by atoms with van der Waals surface area (Å²) >= 11 is 0. The summed E-state index contributed by atoms with van der Waals surface area (Å²) in [5.41, 5.74) is 2.47. The third kappa shape index (κ3) is 1.99. The first-order chi connectivity index (χ1) is 10.2. The Kier molecular flexibility index (Phi) is 2.71. The lowest BCUT2D eigenvalue weighted by Gasteiger charge is -2.19. The minimum absolute atomic E-state index is 0.0391. The zero-order chi connectivity index (χ0) is 14.4. The predicted molar refractivity (Wildman–Crippen MR) is 80.9 cm³/mol.